The molecule has 22 heavy (non-hydrogen) atoms. The summed E-state index contributed by atoms with van der Waals surface area (Å²) in [5.74, 6) is 1.45. The van der Waals surface area contributed by atoms with Gasteiger partial charge in [-0.05, 0) is 49.9 Å². The number of allylic oxidation sites excluding steroid dienone is 1. The maximum atomic E-state index is 10.7. The summed E-state index contributed by atoms with van der Waals surface area (Å²) >= 11 is 3.55. The van der Waals surface area contributed by atoms with E-state index in [-0.39, 0.29) is 12.3 Å². The predicted octanol–water partition coefficient (Wildman–Crippen LogP) is 3.40. The van der Waals surface area contributed by atoms with Crippen molar-refractivity contribution in [3.8, 4) is 11.5 Å². The Morgan fingerprint density at radius 2 is 2.09 bits per heavy atom. The topological polar surface area (TPSA) is 41.9 Å². The van der Waals surface area contributed by atoms with Crippen molar-refractivity contribution >= 4 is 15.9 Å². The summed E-state index contributed by atoms with van der Waals surface area (Å²) < 4.78 is 11.7. The average molecular weight is 366 g/mol. The molecule has 3 aliphatic rings. The van der Waals surface area contributed by atoms with Crippen molar-refractivity contribution < 1.29 is 14.6 Å². The number of aliphatic hydroxyl groups is 1. The van der Waals surface area contributed by atoms with Gasteiger partial charge in [0.15, 0.2) is 11.5 Å². The molecule has 1 aromatic carbocycles. The van der Waals surface area contributed by atoms with Crippen LogP contribution in [0.5, 0.6) is 11.5 Å². The van der Waals surface area contributed by atoms with Crippen LogP contribution in [0, 0.1) is 0 Å². The molecule has 4 rings (SSSR count). The van der Waals surface area contributed by atoms with Gasteiger partial charge in [-0.25, -0.2) is 0 Å². The van der Waals surface area contributed by atoms with E-state index in [1.54, 1.807) is 0 Å². The first-order valence-electron chi connectivity index (χ1n) is 7.88. The molecule has 1 N–H and O–H groups in total. The third-order valence-corrected chi connectivity index (χ3v) is 5.77. The van der Waals surface area contributed by atoms with E-state index in [1.165, 1.54) is 19.3 Å². The zero-order valence-corrected chi connectivity index (χ0v) is 14.0. The van der Waals surface area contributed by atoms with Gasteiger partial charge in [0.05, 0.1) is 6.10 Å². The second kappa shape index (κ2) is 5.55. The molecular formula is C17H20BrNO3. The zero-order valence-electron chi connectivity index (χ0n) is 12.4. The van der Waals surface area contributed by atoms with Crippen molar-refractivity contribution in [3.05, 3.63) is 34.3 Å². The van der Waals surface area contributed by atoms with E-state index in [0.29, 0.717) is 12.3 Å². The van der Waals surface area contributed by atoms with E-state index in [9.17, 15) is 5.11 Å². The first kappa shape index (κ1) is 14.5. The Labute approximate surface area is 138 Å². The van der Waals surface area contributed by atoms with Crippen molar-refractivity contribution in [3.63, 3.8) is 0 Å². The molecule has 1 saturated heterocycles. The number of hydrogen-bond donors (Lipinski definition) is 1. The maximum Gasteiger partial charge on any atom is 0.231 e. The lowest BCUT2D eigenvalue weighted by Gasteiger charge is -2.35. The summed E-state index contributed by atoms with van der Waals surface area (Å²) in [6.45, 7) is 1.97. The number of ether oxygens (including phenoxy) is 2. The van der Waals surface area contributed by atoms with Gasteiger partial charge in [0.25, 0.3) is 0 Å². The van der Waals surface area contributed by atoms with Gasteiger partial charge in [0.2, 0.25) is 6.79 Å². The number of halogens is 1. The highest BCUT2D eigenvalue weighted by Crippen LogP contribution is 2.42. The van der Waals surface area contributed by atoms with Gasteiger partial charge >= 0.3 is 0 Å². The highest BCUT2D eigenvalue weighted by atomic mass is 79.9. The summed E-state index contributed by atoms with van der Waals surface area (Å²) in [6, 6.07) is 3.78. The van der Waals surface area contributed by atoms with Crippen molar-refractivity contribution in [2.75, 3.05) is 19.9 Å². The van der Waals surface area contributed by atoms with Crippen molar-refractivity contribution in [2.45, 2.75) is 37.3 Å². The summed E-state index contributed by atoms with van der Waals surface area (Å²) in [5.41, 5.74) is 1.05. The Bertz CT molecular complexity index is 618. The van der Waals surface area contributed by atoms with E-state index in [2.05, 4.69) is 33.0 Å². The Morgan fingerprint density at radius 3 is 2.86 bits per heavy atom. The van der Waals surface area contributed by atoms with Crippen LogP contribution in [0.25, 0.3) is 0 Å². The minimum absolute atomic E-state index is 0.184. The molecule has 4 nitrogen and oxygen atoms in total. The number of aliphatic hydroxyl groups excluding tert-OH is 1. The number of rotatable bonds is 3. The number of likely N-dealkylation sites (tertiary alicyclic amines) is 1. The first-order valence-corrected chi connectivity index (χ1v) is 8.67. The molecule has 1 fully saturated rings. The molecule has 0 radical (unpaired) electrons. The van der Waals surface area contributed by atoms with Gasteiger partial charge in [-0.2, -0.15) is 0 Å². The van der Waals surface area contributed by atoms with Crippen LogP contribution in [-0.4, -0.2) is 35.4 Å². The third-order valence-electron chi connectivity index (χ3n) is 5.08. The second-order valence-corrected chi connectivity index (χ2v) is 7.19. The highest BCUT2D eigenvalue weighted by Gasteiger charge is 2.40. The molecule has 0 bridgehead atoms. The predicted molar refractivity (Wildman–Crippen MR) is 87.1 cm³/mol. The second-order valence-electron chi connectivity index (χ2n) is 6.34. The molecule has 0 unspecified atom stereocenters. The van der Waals surface area contributed by atoms with E-state index < -0.39 is 6.10 Å². The SMILES string of the molecule is O[C@@H](CN1CCC[C@@]12C=CCC2)c1cc2c(cc1Br)OCO2. The summed E-state index contributed by atoms with van der Waals surface area (Å²) in [6.07, 6.45) is 8.84. The number of benzene rings is 1. The standard InChI is InChI=1S/C17H20BrNO3/c18-13-9-16-15(21-11-22-16)8-12(13)14(20)10-19-7-3-6-17(19)4-1-2-5-17/h1,4,8-9,14,20H,2-3,5-7,10-11H2/t14-,17-/m0/s1. The van der Waals surface area contributed by atoms with Crippen LogP contribution >= 0.6 is 15.9 Å². The van der Waals surface area contributed by atoms with E-state index in [1.807, 2.05) is 12.1 Å². The maximum absolute atomic E-state index is 10.7. The fraction of sp³-hybridized carbons (Fsp3) is 0.529. The molecule has 1 aromatic rings. The van der Waals surface area contributed by atoms with E-state index in [4.69, 9.17) is 9.47 Å². The minimum Gasteiger partial charge on any atom is -0.454 e. The lowest BCUT2D eigenvalue weighted by molar-refractivity contribution is 0.0813. The smallest absolute Gasteiger partial charge is 0.231 e. The average Bonchev–Trinajstić information content (AvgIpc) is 3.21. The molecule has 1 spiro atoms. The molecule has 5 heteroatoms. The van der Waals surface area contributed by atoms with Crippen LogP contribution < -0.4 is 9.47 Å². The van der Waals surface area contributed by atoms with Crippen LogP contribution in [0.4, 0.5) is 0 Å². The number of nitrogens with zero attached hydrogens (tertiary/aromatic N) is 1. The lowest BCUT2D eigenvalue weighted by atomic mass is 9.95. The number of fused-ring (bicyclic) bond motifs is 1. The lowest BCUT2D eigenvalue weighted by Crippen LogP contribution is -2.42. The van der Waals surface area contributed by atoms with Gasteiger partial charge in [-0.1, -0.05) is 28.1 Å². The van der Waals surface area contributed by atoms with Gasteiger partial charge in [0.1, 0.15) is 0 Å². The fourth-order valence-corrected chi connectivity index (χ4v) is 4.50. The molecular weight excluding hydrogens is 346 g/mol. The van der Waals surface area contributed by atoms with E-state index in [0.717, 1.165) is 28.8 Å². The first-order chi connectivity index (χ1) is 10.7. The molecule has 2 atom stereocenters. The molecule has 118 valence electrons. The monoisotopic (exact) mass is 365 g/mol. The summed E-state index contributed by atoms with van der Waals surface area (Å²) in [7, 11) is 0. The molecule has 0 aromatic heterocycles. The fourth-order valence-electron chi connectivity index (χ4n) is 3.92. The van der Waals surface area contributed by atoms with Crippen molar-refractivity contribution in [1.29, 1.82) is 0 Å². The molecule has 1 aliphatic carbocycles. The Balaban J connectivity index is 1.55. The van der Waals surface area contributed by atoms with Gasteiger partial charge < -0.3 is 14.6 Å². The Hall–Kier alpha value is -1.04. The normalized spacial score (nSPS) is 27.9. The highest BCUT2D eigenvalue weighted by molar-refractivity contribution is 9.10. The zero-order chi connectivity index (χ0) is 15.2. The molecule has 0 saturated carbocycles. The van der Waals surface area contributed by atoms with Crippen LogP contribution in [0.15, 0.2) is 28.8 Å². The van der Waals surface area contributed by atoms with Crippen LogP contribution in [0.1, 0.15) is 37.4 Å². The number of hydrogen-bond acceptors (Lipinski definition) is 4. The number of β-amino-alcohol motifs (C(OH)–C–C–N with tert-alkyl or cyclic N) is 1. The Morgan fingerprint density at radius 1 is 1.27 bits per heavy atom. The molecule has 0 amide bonds. The summed E-state index contributed by atoms with van der Waals surface area (Å²) in [4.78, 5) is 2.44. The van der Waals surface area contributed by atoms with Gasteiger partial charge in [0, 0.05) is 16.6 Å². The summed E-state index contributed by atoms with van der Waals surface area (Å²) in [5, 5.41) is 10.7. The Kier molecular flexibility index (Phi) is 3.67. The van der Waals surface area contributed by atoms with Crippen molar-refractivity contribution in [1.82, 2.24) is 4.90 Å². The third kappa shape index (κ3) is 2.36. The molecule has 2 aliphatic heterocycles. The minimum atomic E-state index is -0.534. The van der Waals surface area contributed by atoms with Crippen LogP contribution in [-0.2, 0) is 0 Å². The van der Waals surface area contributed by atoms with Crippen molar-refractivity contribution in [2.24, 2.45) is 0 Å². The van der Waals surface area contributed by atoms with Crippen LogP contribution in [0.3, 0.4) is 0 Å². The van der Waals surface area contributed by atoms with Gasteiger partial charge in [-0.15, -0.1) is 0 Å². The quantitative estimate of drug-likeness (QED) is 0.833. The van der Waals surface area contributed by atoms with E-state index >= 15 is 0 Å². The largest absolute Gasteiger partial charge is 0.454 e. The van der Waals surface area contributed by atoms with Gasteiger partial charge in [-0.3, -0.25) is 4.90 Å². The molecule has 2 heterocycles. The van der Waals surface area contributed by atoms with Crippen LogP contribution in [0.2, 0.25) is 0 Å².